The molecule has 1 aliphatic heterocycles. The van der Waals surface area contributed by atoms with E-state index in [0.29, 0.717) is 6.61 Å². The molecule has 0 aliphatic carbocycles. The maximum Gasteiger partial charge on any atom is 0.234 e. The number of likely N-dealkylation sites (tertiary alicyclic amines) is 1. The van der Waals surface area contributed by atoms with Gasteiger partial charge in [0.2, 0.25) is 5.91 Å². The molecule has 1 aromatic carbocycles. The zero-order chi connectivity index (χ0) is 13.0. The number of hydrogen-bond donors (Lipinski definition) is 1. The lowest BCUT2D eigenvalue weighted by Gasteiger charge is -2.21. The van der Waals surface area contributed by atoms with E-state index in [-0.39, 0.29) is 11.9 Å². The number of carbonyl (C=O) groups excluding carboxylic acids is 1. The first-order valence-corrected chi connectivity index (χ1v) is 6.88. The summed E-state index contributed by atoms with van der Waals surface area (Å²) in [4.78, 5) is 13.3. The molecule has 1 fully saturated rings. The van der Waals surface area contributed by atoms with Gasteiger partial charge in [0.1, 0.15) is 12.4 Å². The molecule has 2 rings (SSSR count). The monoisotopic (exact) mass is 312 g/mol. The average molecular weight is 313 g/mol. The zero-order valence-corrected chi connectivity index (χ0v) is 11.7. The maximum atomic E-state index is 11.2. The number of nitrogens with two attached hydrogens (primary N) is 1. The smallest absolute Gasteiger partial charge is 0.234 e. The van der Waals surface area contributed by atoms with Crippen LogP contribution in [0.3, 0.4) is 0 Å². The van der Waals surface area contributed by atoms with E-state index in [1.54, 1.807) is 0 Å². The summed E-state index contributed by atoms with van der Waals surface area (Å²) in [6.07, 6.45) is 1.90. The van der Waals surface area contributed by atoms with Gasteiger partial charge >= 0.3 is 0 Å². The molecule has 1 aliphatic rings. The highest BCUT2D eigenvalue weighted by Crippen LogP contribution is 2.19. The quantitative estimate of drug-likeness (QED) is 0.901. The number of primary amides is 1. The molecule has 98 valence electrons. The topological polar surface area (TPSA) is 55.6 Å². The first kappa shape index (κ1) is 13.4. The number of benzene rings is 1. The number of hydrogen-bond acceptors (Lipinski definition) is 3. The van der Waals surface area contributed by atoms with E-state index >= 15 is 0 Å². The number of nitrogens with zero attached hydrogens (tertiary/aromatic N) is 1. The predicted octanol–water partition coefficient (Wildman–Crippen LogP) is 1.78. The van der Waals surface area contributed by atoms with Gasteiger partial charge in [0.25, 0.3) is 0 Å². The van der Waals surface area contributed by atoms with E-state index in [1.807, 2.05) is 24.3 Å². The van der Waals surface area contributed by atoms with Crippen LogP contribution in [-0.4, -0.2) is 36.5 Å². The summed E-state index contributed by atoms with van der Waals surface area (Å²) >= 11 is 3.40. The number of halogens is 1. The van der Waals surface area contributed by atoms with Crippen molar-refractivity contribution >= 4 is 21.8 Å². The summed E-state index contributed by atoms with van der Waals surface area (Å²) in [7, 11) is 0. The van der Waals surface area contributed by atoms with E-state index in [0.717, 1.165) is 36.2 Å². The van der Waals surface area contributed by atoms with Gasteiger partial charge in [0, 0.05) is 11.0 Å². The zero-order valence-electron chi connectivity index (χ0n) is 10.1. The first-order valence-electron chi connectivity index (χ1n) is 6.08. The summed E-state index contributed by atoms with van der Waals surface area (Å²) in [5.41, 5.74) is 5.36. The minimum absolute atomic E-state index is 0.115. The lowest BCUT2D eigenvalue weighted by Crippen LogP contribution is -2.42. The van der Waals surface area contributed by atoms with Crippen molar-refractivity contribution in [3.8, 4) is 5.75 Å². The van der Waals surface area contributed by atoms with E-state index in [9.17, 15) is 4.79 Å². The maximum absolute atomic E-state index is 11.2. The molecule has 0 radical (unpaired) electrons. The van der Waals surface area contributed by atoms with Crippen LogP contribution in [0.2, 0.25) is 0 Å². The molecule has 1 aromatic rings. The summed E-state index contributed by atoms with van der Waals surface area (Å²) in [6, 6.07) is 7.62. The minimum Gasteiger partial charge on any atom is -0.492 e. The third-order valence-electron chi connectivity index (χ3n) is 3.14. The Labute approximate surface area is 115 Å². The fraction of sp³-hybridized carbons (Fsp3) is 0.462. The third kappa shape index (κ3) is 3.46. The van der Waals surface area contributed by atoms with Crippen molar-refractivity contribution in [3.05, 3.63) is 28.7 Å². The van der Waals surface area contributed by atoms with Crippen molar-refractivity contribution in [3.63, 3.8) is 0 Å². The van der Waals surface area contributed by atoms with Gasteiger partial charge in [-0.2, -0.15) is 0 Å². The molecule has 1 saturated heterocycles. The molecule has 18 heavy (non-hydrogen) atoms. The molecule has 5 heteroatoms. The molecular formula is C13H17BrN2O2. The van der Waals surface area contributed by atoms with E-state index in [4.69, 9.17) is 10.5 Å². The Bertz CT molecular complexity index is 425. The van der Waals surface area contributed by atoms with Crippen LogP contribution in [-0.2, 0) is 4.79 Å². The Kier molecular flexibility index (Phi) is 4.60. The van der Waals surface area contributed by atoms with Crippen molar-refractivity contribution < 1.29 is 9.53 Å². The molecule has 1 heterocycles. The first-order chi connectivity index (χ1) is 8.66. The molecule has 0 bridgehead atoms. The molecule has 4 nitrogen and oxygen atoms in total. The van der Waals surface area contributed by atoms with Crippen molar-refractivity contribution in [2.45, 2.75) is 18.9 Å². The molecule has 1 unspecified atom stereocenters. The van der Waals surface area contributed by atoms with Crippen molar-refractivity contribution in [1.82, 2.24) is 4.90 Å². The highest BCUT2D eigenvalue weighted by atomic mass is 79.9. The van der Waals surface area contributed by atoms with Gasteiger partial charge in [-0.3, -0.25) is 9.69 Å². The second-order valence-electron chi connectivity index (χ2n) is 4.40. The Hall–Kier alpha value is -1.07. The van der Waals surface area contributed by atoms with Crippen molar-refractivity contribution in [2.24, 2.45) is 5.73 Å². The van der Waals surface area contributed by atoms with Gasteiger partial charge < -0.3 is 10.5 Å². The summed E-state index contributed by atoms with van der Waals surface area (Å²) in [5.74, 6) is 0.606. The number of carbonyl (C=O) groups is 1. The summed E-state index contributed by atoms with van der Waals surface area (Å²) in [6.45, 7) is 2.23. The molecule has 0 saturated carbocycles. The Morgan fingerprint density at radius 3 is 3.11 bits per heavy atom. The van der Waals surface area contributed by atoms with Gasteiger partial charge in [0.05, 0.1) is 6.04 Å². The second kappa shape index (κ2) is 6.20. The van der Waals surface area contributed by atoms with Gasteiger partial charge in [-0.25, -0.2) is 0 Å². The van der Waals surface area contributed by atoms with Crippen LogP contribution in [0.4, 0.5) is 0 Å². The standard InChI is InChI=1S/C13H17BrN2O2/c14-10-3-1-4-11(9-10)18-8-7-16-6-2-5-12(16)13(15)17/h1,3-4,9,12H,2,5-8H2,(H2,15,17). The van der Waals surface area contributed by atoms with E-state index in [2.05, 4.69) is 20.8 Å². The van der Waals surface area contributed by atoms with Gasteiger partial charge in [-0.1, -0.05) is 22.0 Å². The van der Waals surface area contributed by atoms with Crippen LogP contribution in [0.15, 0.2) is 28.7 Å². The fourth-order valence-electron chi connectivity index (χ4n) is 2.25. The largest absolute Gasteiger partial charge is 0.492 e. The third-order valence-corrected chi connectivity index (χ3v) is 3.63. The van der Waals surface area contributed by atoms with Crippen LogP contribution in [0.5, 0.6) is 5.75 Å². The number of rotatable bonds is 5. The van der Waals surface area contributed by atoms with E-state index in [1.165, 1.54) is 0 Å². The Morgan fingerprint density at radius 2 is 2.39 bits per heavy atom. The molecule has 0 aromatic heterocycles. The fourth-order valence-corrected chi connectivity index (χ4v) is 2.63. The van der Waals surface area contributed by atoms with Crippen LogP contribution in [0.25, 0.3) is 0 Å². The highest BCUT2D eigenvalue weighted by Gasteiger charge is 2.28. The molecule has 0 spiro atoms. The van der Waals surface area contributed by atoms with Gasteiger partial charge in [-0.05, 0) is 37.6 Å². The molecule has 2 N–H and O–H groups in total. The normalized spacial score (nSPS) is 19.9. The molecule has 1 amide bonds. The second-order valence-corrected chi connectivity index (χ2v) is 5.32. The molecule has 1 atom stereocenters. The van der Waals surface area contributed by atoms with Crippen LogP contribution in [0.1, 0.15) is 12.8 Å². The van der Waals surface area contributed by atoms with Crippen LogP contribution in [0, 0.1) is 0 Å². The average Bonchev–Trinajstić information content (AvgIpc) is 2.77. The number of amides is 1. The van der Waals surface area contributed by atoms with Crippen LogP contribution >= 0.6 is 15.9 Å². The minimum atomic E-state index is -0.227. The SMILES string of the molecule is NC(=O)C1CCCN1CCOc1cccc(Br)c1. The summed E-state index contributed by atoms with van der Waals surface area (Å²) < 4.78 is 6.65. The predicted molar refractivity (Wildman–Crippen MR) is 73.4 cm³/mol. The van der Waals surface area contributed by atoms with Gasteiger partial charge in [-0.15, -0.1) is 0 Å². The number of ether oxygens (including phenoxy) is 1. The Balaban J connectivity index is 1.80. The van der Waals surface area contributed by atoms with Crippen LogP contribution < -0.4 is 10.5 Å². The van der Waals surface area contributed by atoms with Gasteiger partial charge in [0.15, 0.2) is 0 Å². The lowest BCUT2D eigenvalue weighted by atomic mass is 10.2. The summed E-state index contributed by atoms with van der Waals surface area (Å²) in [5, 5.41) is 0. The Morgan fingerprint density at radius 1 is 1.56 bits per heavy atom. The van der Waals surface area contributed by atoms with Crippen molar-refractivity contribution in [1.29, 1.82) is 0 Å². The van der Waals surface area contributed by atoms with Crippen molar-refractivity contribution in [2.75, 3.05) is 19.7 Å². The van der Waals surface area contributed by atoms with E-state index < -0.39 is 0 Å². The highest BCUT2D eigenvalue weighted by molar-refractivity contribution is 9.10. The molecular weight excluding hydrogens is 296 g/mol. The lowest BCUT2D eigenvalue weighted by molar-refractivity contribution is -0.122.